The van der Waals surface area contributed by atoms with Gasteiger partial charge in [0.25, 0.3) is 5.91 Å². The van der Waals surface area contributed by atoms with Crippen LogP contribution in [0.5, 0.6) is 5.75 Å². The van der Waals surface area contributed by atoms with Crippen molar-refractivity contribution in [1.82, 2.24) is 9.88 Å². The van der Waals surface area contributed by atoms with E-state index in [9.17, 15) is 9.90 Å². The zero-order valence-corrected chi connectivity index (χ0v) is 8.26. The van der Waals surface area contributed by atoms with Crippen LogP contribution in [0.15, 0.2) is 30.5 Å². The molecule has 0 spiro atoms. The number of amides is 1. The van der Waals surface area contributed by atoms with E-state index in [0.29, 0.717) is 13.1 Å². The Labute approximate surface area is 87.9 Å². The number of nitrogens with zero attached hydrogens (tertiary/aromatic N) is 2. The smallest absolute Gasteiger partial charge is 0.276 e. The zero-order valence-electron chi connectivity index (χ0n) is 8.26. The third-order valence-electron chi connectivity index (χ3n) is 2.33. The van der Waals surface area contributed by atoms with Gasteiger partial charge in [-0.2, -0.15) is 0 Å². The van der Waals surface area contributed by atoms with Crippen molar-refractivity contribution in [3.63, 3.8) is 0 Å². The second-order valence-corrected chi connectivity index (χ2v) is 3.38. The van der Waals surface area contributed by atoms with E-state index in [-0.39, 0.29) is 17.4 Å². The Balaban J connectivity index is 2.20. The van der Waals surface area contributed by atoms with Crippen LogP contribution in [0.4, 0.5) is 0 Å². The van der Waals surface area contributed by atoms with Crippen LogP contribution < -0.4 is 0 Å². The molecule has 0 radical (unpaired) electrons. The summed E-state index contributed by atoms with van der Waals surface area (Å²) in [4.78, 5) is 17.4. The average molecular weight is 204 g/mol. The molecular weight excluding hydrogens is 192 g/mol. The van der Waals surface area contributed by atoms with E-state index in [4.69, 9.17) is 0 Å². The molecule has 0 saturated carbocycles. The van der Waals surface area contributed by atoms with Gasteiger partial charge in [0.05, 0.1) is 0 Å². The molecular formula is C11H12N2O2. The minimum Gasteiger partial charge on any atom is -0.505 e. The van der Waals surface area contributed by atoms with Gasteiger partial charge in [-0.05, 0) is 18.6 Å². The van der Waals surface area contributed by atoms with Crippen LogP contribution in [0.2, 0.25) is 0 Å². The Morgan fingerprint density at radius 2 is 2.33 bits per heavy atom. The molecule has 0 aliphatic carbocycles. The molecule has 1 N–H and O–H groups in total. The van der Waals surface area contributed by atoms with Crippen LogP contribution in [0.1, 0.15) is 16.9 Å². The fourth-order valence-electron chi connectivity index (χ4n) is 1.54. The Hall–Kier alpha value is -1.84. The van der Waals surface area contributed by atoms with Gasteiger partial charge in [0.2, 0.25) is 0 Å². The lowest BCUT2D eigenvalue weighted by Crippen LogP contribution is -2.34. The topological polar surface area (TPSA) is 53.4 Å². The summed E-state index contributed by atoms with van der Waals surface area (Å²) in [5.74, 6) is -0.269. The number of aromatic nitrogens is 1. The molecule has 2 rings (SSSR count). The Morgan fingerprint density at radius 1 is 1.47 bits per heavy atom. The maximum Gasteiger partial charge on any atom is 0.276 e. The van der Waals surface area contributed by atoms with Gasteiger partial charge in [-0.1, -0.05) is 12.2 Å². The first-order valence-electron chi connectivity index (χ1n) is 4.87. The maximum atomic E-state index is 11.9. The van der Waals surface area contributed by atoms with Crippen molar-refractivity contribution in [2.75, 3.05) is 13.1 Å². The molecule has 0 unspecified atom stereocenters. The van der Waals surface area contributed by atoms with Gasteiger partial charge in [0.1, 0.15) is 5.75 Å². The fraction of sp³-hybridized carbons (Fsp3) is 0.273. The van der Waals surface area contributed by atoms with Crippen LogP contribution in [0.25, 0.3) is 0 Å². The van der Waals surface area contributed by atoms with Crippen LogP contribution in [-0.4, -0.2) is 34.0 Å². The highest BCUT2D eigenvalue weighted by Gasteiger charge is 2.19. The van der Waals surface area contributed by atoms with E-state index in [1.54, 1.807) is 11.0 Å². The van der Waals surface area contributed by atoms with E-state index in [0.717, 1.165) is 6.42 Å². The first kappa shape index (κ1) is 9.71. The zero-order chi connectivity index (χ0) is 10.7. The molecule has 1 aliphatic heterocycles. The molecule has 1 aromatic heterocycles. The molecule has 1 aliphatic rings. The molecule has 1 amide bonds. The quantitative estimate of drug-likeness (QED) is 0.699. The van der Waals surface area contributed by atoms with Crippen molar-refractivity contribution in [3.8, 4) is 5.75 Å². The van der Waals surface area contributed by atoms with Gasteiger partial charge >= 0.3 is 0 Å². The van der Waals surface area contributed by atoms with E-state index >= 15 is 0 Å². The molecule has 1 aromatic rings. The van der Waals surface area contributed by atoms with Crippen LogP contribution in [0.3, 0.4) is 0 Å². The monoisotopic (exact) mass is 204 g/mol. The molecule has 15 heavy (non-hydrogen) atoms. The summed E-state index contributed by atoms with van der Waals surface area (Å²) >= 11 is 0. The van der Waals surface area contributed by atoms with Crippen molar-refractivity contribution >= 4 is 5.91 Å². The number of pyridine rings is 1. The minimum atomic E-state index is -0.211. The Morgan fingerprint density at radius 3 is 3.00 bits per heavy atom. The number of carbonyl (C=O) groups excluding carboxylic acids is 1. The summed E-state index contributed by atoms with van der Waals surface area (Å²) in [6.07, 6.45) is 6.36. The normalized spacial score (nSPS) is 15.3. The molecule has 2 heterocycles. The molecule has 0 fully saturated rings. The number of aromatic hydroxyl groups is 1. The molecule has 0 saturated heterocycles. The van der Waals surface area contributed by atoms with E-state index in [2.05, 4.69) is 4.98 Å². The second kappa shape index (κ2) is 4.13. The number of hydrogen-bond donors (Lipinski definition) is 1. The first-order chi connectivity index (χ1) is 7.29. The van der Waals surface area contributed by atoms with Gasteiger partial charge in [-0.3, -0.25) is 4.79 Å². The van der Waals surface area contributed by atoms with Gasteiger partial charge in [-0.15, -0.1) is 0 Å². The highest BCUT2D eigenvalue weighted by Crippen LogP contribution is 2.16. The van der Waals surface area contributed by atoms with Gasteiger partial charge < -0.3 is 10.0 Å². The van der Waals surface area contributed by atoms with Crippen molar-refractivity contribution in [2.24, 2.45) is 0 Å². The molecule has 78 valence electrons. The molecule has 0 bridgehead atoms. The molecule has 4 nitrogen and oxygen atoms in total. The predicted molar refractivity (Wildman–Crippen MR) is 55.6 cm³/mol. The predicted octanol–water partition coefficient (Wildman–Crippen LogP) is 1.19. The molecule has 0 aromatic carbocycles. The number of rotatable bonds is 1. The number of hydrogen-bond acceptors (Lipinski definition) is 3. The van der Waals surface area contributed by atoms with Crippen LogP contribution >= 0.6 is 0 Å². The average Bonchev–Trinajstić information content (AvgIpc) is 2.30. The highest BCUT2D eigenvalue weighted by atomic mass is 16.3. The van der Waals surface area contributed by atoms with Crippen molar-refractivity contribution in [2.45, 2.75) is 6.42 Å². The lowest BCUT2D eigenvalue weighted by Gasteiger charge is -2.22. The fourth-order valence-corrected chi connectivity index (χ4v) is 1.54. The summed E-state index contributed by atoms with van der Waals surface area (Å²) in [5, 5.41) is 9.48. The summed E-state index contributed by atoms with van der Waals surface area (Å²) in [6.45, 7) is 1.28. The lowest BCUT2D eigenvalue weighted by atomic mass is 10.2. The Bertz CT molecular complexity index is 401. The largest absolute Gasteiger partial charge is 0.505 e. The molecule has 4 heteroatoms. The second-order valence-electron chi connectivity index (χ2n) is 3.38. The summed E-state index contributed by atoms with van der Waals surface area (Å²) in [5.41, 5.74) is 0.132. The summed E-state index contributed by atoms with van der Waals surface area (Å²) < 4.78 is 0. The highest BCUT2D eigenvalue weighted by molar-refractivity contribution is 5.94. The van der Waals surface area contributed by atoms with Crippen LogP contribution in [0, 0.1) is 0 Å². The van der Waals surface area contributed by atoms with Gasteiger partial charge in [-0.25, -0.2) is 4.98 Å². The van der Waals surface area contributed by atoms with Crippen LogP contribution in [-0.2, 0) is 0 Å². The minimum absolute atomic E-state index is 0.0583. The van der Waals surface area contributed by atoms with E-state index in [1.165, 1.54) is 12.3 Å². The third-order valence-corrected chi connectivity index (χ3v) is 2.33. The maximum absolute atomic E-state index is 11.9. The van der Waals surface area contributed by atoms with Crippen molar-refractivity contribution < 1.29 is 9.90 Å². The van der Waals surface area contributed by atoms with Gasteiger partial charge in [0, 0.05) is 19.3 Å². The summed E-state index contributed by atoms with van der Waals surface area (Å²) in [7, 11) is 0. The Kier molecular flexibility index (Phi) is 2.67. The van der Waals surface area contributed by atoms with Crippen molar-refractivity contribution in [1.29, 1.82) is 0 Å². The van der Waals surface area contributed by atoms with Gasteiger partial charge in [0.15, 0.2) is 5.69 Å². The summed E-state index contributed by atoms with van der Waals surface area (Å²) in [6, 6.07) is 3.07. The number of carbonyl (C=O) groups is 1. The van der Waals surface area contributed by atoms with Crippen molar-refractivity contribution in [3.05, 3.63) is 36.2 Å². The first-order valence-corrected chi connectivity index (χ1v) is 4.87. The van der Waals surface area contributed by atoms with E-state index < -0.39 is 0 Å². The molecule has 0 atom stereocenters. The standard InChI is InChI=1S/C11H12N2O2/c14-9-5-4-6-12-10(9)11(15)13-7-2-1-3-8-13/h1-2,4-6,14H,3,7-8H2. The third kappa shape index (κ3) is 1.98. The van der Waals surface area contributed by atoms with E-state index in [1.807, 2.05) is 12.2 Å². The lowest BCUT2D eigenvalue weighted by molar-refractivity contribution is 0.0762. The SMILES string of the molecule is O=C(c1ncccc1O)N1CC=CCC1.